The van der Waals surface area contributed by atoms with Crippen molar-refractivity contribution in [1.29, 1.82) is 0 Å². The van der Waals surface area contributed by atoms with Crippen molar-refractivity contribution in [3.8, 4) is 11.5 Å². The predicted octanol–water partition coefficient (Wildman–Crippen LogP) is 3.22. The zero-order chi connectivity index (χ0) is 24.3. The zero-order valence-corrected chi connectivity index (χ0v) is 18.2. The van der Waals surface area contributed by atoms with E-state index in [9.17, 15) is 18.0 Å². The van der Waals surface area contributed by atoms with Crippen LogP contribution < -0.4 is 0 Å². The van der Waals surface area contributed by atoms with Gasteiger partial charge in [-0.25, -0.2) is 9.50 Å². The Labute approximate surface area is 198 Å². The van der Waals surface area contributed by atoms with Crippen LogP contribution in [0.5, 0.6) is 0 Å². The molecule has 5 aromatic heterocycles. The lowest BCUT2D eigenvalue weighted by molar-refractivity contribution is -0.212. The van der Waals surface area contributed by atoms with E-state index >= 15 is 0 Å². The third-order valence-corrected chi connectivity index (χ3v) is 5.95. The van der Waals surface area contributed by atoms with Gasteiger partial charge in [-0.2, -0.15) is 14.9 Å². The first-order valence-corrected chi connectivity index (χ1v) is 10.6. The molecule has 5 aromatic rings. The van der Waals surface area contributed by atoms with Crippen molar-refractivity contribution in [2.75, 3.05) is 6.54 Å². The van der Waals surface area contributed by atoms with Crippen LogP contribution in [0.15, 0.2) is 47.5 Å². The van der Waals surface area contributed by atoms with Crippen LogP contribution in [-0.2, 0) is 12.7 Å². The van der Waals surface area contributed by atoms with Crippen LogP contribution in [0.3, 0.4) is 0 Å². The molecule has 0 saturated heterocycles. The van der Waals surface area contributed by atoms with Crippen molar-refractivity contribution in [2.24, 2.45) is 0 Å². The number of amides is 1. The van der Waals surface area contributed by atoms with Crippen molar-refractivity contribution in [2.45, 2.75) is 18.8 Å². The highest BCUT2D eigenvalue weighted by atomic mass is 35.5. The number of pyridine rings is 1. The number of rotatable bonds is 3. The minimum atomic E-state index is -4.70. The van der Waals surface area contributed by atoms with Crippen molar-refractivity contribution in [3.05, 3.63) is 71.1 Å². The van der Waals surface area contributed by atoms with Gasteiger partial charge in [0.25, 0.3) is 5.89 Å². The van der Waals surface area contributed by atoms with E-state index in [2.05, 4.69) is 30.4 Å². The second kappa shape index (κ2) is 7.66. The maximum Gasteiger partial charge on any atom is 0.504 e. The summed E-state index contributed by atoms with van der Waals surface area (Å²) in [6.45, 7) is 0.282. The van der Waals surface area contributed by atoms with Crippen LogP contribution >= 0.6 is 11.6 Å². The second-order valence-electron chi connectivity index (χ2n) is 7.73. The summed E-state index contributed by atoms with van der Waals surface area (Å²) in [7, 11) is 0. The van der Waals surface area contributed by atoms with Crippen molar-refractivity contribution < 1.29 is 22.4 Å². The molecule has 1 N–H and O–H groups in total. The van der Waals surface area contributed by atoms with Crippen molar-refractivity contribution >= 4 is 23.0 Å². The van der Waals surface area contributed by atoms with Crippen molar-refractivity contribution in [1.82, 2.24) is 44.5 Å². The van der Waals surface area contributed by atoms with Crippen LogP contribution in [0.25, 0.3) is 17.0 Å². The molecule has 15 heteroatoms. The Morgan fingerprint density at radius 1 is 1.29 bits per heavy atom. The Morgan fingerprint density at radius 2 is 2.14 bits per heavy atom. The molecule has 1 atom stereocenters. The highest BCUT2D eigenvalue weighted by molar-refractivity contribution is 6.33. The summed E-state index contributed by atoms with van der Waals surface area (Å²) in [5, 5.41) is 15.8. The number of aromatic amines is 1. The maximum atomic E-state index is 13.4. The van der Waals surface area contributed by atoms with E-state index in [4.69, 9.17) is 16.0 Å². The van der Waals surface area contributed by atoms with E-state index in [-0.39, 0.29) is 28.6 Å². The number of imidazole rings is 1. The lowest BCUT2D eigenvalue weighted by Gasteiger charge is -2.32. The maximum absolute atomic E-state index is 13.4. The zero-order valence-electron chi connectivity index (χ0n) is 17.4. The number of carbonyl (C=O) groups is 1. The first-order valence-electron chi connectivity index (χ1n) is 10.2. The fraction of sp³-hybridized carbons (Fsp3) is 0.200. The number of fused-ring (bicyclic) bond motifs is 2. The molecule has 11 nitrogen and oxygen atoms in total. The summed E-state index contributed by atoms with van der Waals surface area (Å²) < 4.78 is 45.4. The van der Waals surface area contributed by atoms with Crippen molar-refractivity contribution in [3.63, 3.8) is 0 Å². The highest BCUT2D eigenvalue weighted by Crippen LogP contribution is 2.35. The Morgan fingerprint density at radius 3 is 2.91 bits per heavy atom. The Kier molecular flexibility index (Phi) is 4.67. The molecule has 0 spiro atoms. The number of hydrogen-bond donors (Lipinski definition) is 1. The molecular formula is C20H13ClF3N9O2. The molecule has 178 valence electrons. The second-order valence-corrected chi connectivity index (χ2v) is 8.13. The van der Waals surface area contributed by atoms with Gasteiger partial charge in [0.15, 0.2) is 0 Å². The van der Waals surface area contributed by atoms with Crippen LogP contribution in [0, 0.1) is 0 Å². The number of nitrogens with zero attached hydrogens (tertiary/aromatic N) is 8. The van der Waals surface area contributed by atoms with Gasteiger partial charge in [-0.05, 0) is 18.2 Å². The summed E-state index contributed by atoms with van der Waals surface area (Å²) in [4.78, 5) is 22.4. The molecular weight excluding hydrogens is 491 g/mol. The molecule has 6 heterocycles. The van der Waals surface area contributed by atoms with Gasteiger partial charge >= 0.3 is 18.1 Å². The minimum Gasteiger partial charge on any atom is -0.412 e. The van der Waals surface area contributed by atoms with Crippen LogP contribution in [0.4, 0.5) is 13.2 Å². The van der Waals surface area contributed by atoms with Gasteiger partial charge in [0, 0.05) is 31.1 Å². The lowest BCUT2D eigenvalue weighted by Crippen LogP contribution is -2.41. The lowest BCUT2D eigenvalue weighted by atomic mass is 9.99. The quantitative estimate of drug-likeness (QED) is 0.401. The van der Waals surface area contributed by atoms with Crippen LogP contribution in [0.1, 0.15) is 33.8 Å². The van der Waals surface area contributed by atoms with E-state index in [0.29, 0.717) is 34.5 Å². The molecule has 6 rings (SSSR count). The third kappa shape index (κ3) is 3.53. The SMILES string of the molecule is O=C(c1nnc(-c2cnn(C(F)(F)F)c2)o1)N1CCc2[nH]cnc2C1c1cc2c(Cl)cccn2n1. The summed E-state index contributed by atoms with van der Waals surface area (Å²) in [6, 6.07) is 4.56. The van der Waals surface area contributed by atoms with E-state index in [1.807, 2.05) is 0 Å². The molecule has 35 heavy (non-hydrogen) atoms. The van der Waals surface area contributed by atoms with Gasteiger partial charge in [-0.15, -0.1) is 23.4 Å². The summed E-state index contributed by atoms with van der Waals surface area (Å²) >= 11 is 6.30. The van der Waals surface area contributed by atoms with E-state index < -0.39 is 18.2 Å². The molecule has 0 aliphatic carbocycles. The van der Waals surface area contributed by atoms with Crippen LogP contribution in [0.2, 0.25) is 5.02 Å². The van der Waals surface area contributed by atoms with Crippen LogP contribution in [-0.4, -0.2) is 56.9 Å². The van der Waals surface area contributed by atoms with Gasteiger partial charge < -0.3 is 14.3 Å². The van der Waals surface area contributed by atoms with Gasteiger partial charge in [-0.1, -0.05) is 11.6 Å². The monoisotopic (exact) mass is 503 g/mol. The largest absolute Gasteiger partial charge is 0.504 e. The van der Waals surface area contributed by atoms with E-state index in [1.165, 1.54) is 11.2 Å². The number of alkyl halides is 3. The molecule has 1 aliphatic rings. The molecule has 1 unspecified atom stereocenters. The highest BCUT2D eigenvalue weighted by Gasteiger charge is 2.38. The van der Waals surface area contributed by atoms with Gasteiger partial charge in [-0.3, -0.25) is 4.79 Å². The Balaban J connectivity index is 1.37. The average Bonchev–Trinajstić information content (AvgIpc) is 3.62. The van der Waals surface area contributed by atoms with Gasteiger partial charge in [0.05, 0.1) is 40.0 Å². The Bertz CT molecular complexity index is 1570. The number of halogens is 4. The molecule has 0 aromatic carbocycles. The van der Waals surface area contributed by atoms with E-state index in [0.717, 1.165) is 11.9 Å². The smallest absolute Gasteiger partial charge is 0.412 e. The molecule has 0 fully saturated rings. The summed E-state index contributed by atoms with van der Waals surface area (Å²) in [5.74, 6) is -1.27. The number of hydrogen-bond acceptors (Lipinski definition) is 7. The molecule has 0 radical (unpaired) electrons. The predicted molar refractivity (Wildman–Crippen MR) is 112 cm³/mol. The number of nitrogens with one attached hydrogen (secondary N) is 1. The fourth-order valence-electron chi connectivity index (χ4n) is 4.05. The molecule has 1 amide bonds. The van der Waals surface area contributed by atoms with E-state index in [1.54, 1.807) is 28.9 Å². The molecule has 0 saturated carbocycles. The number of aromatic nitrogens is 8. The third-order valence-electron chi connectivity index (χ3n) is 5.63. The Hall–Kier alpha value is -4.20. The molecule has 1 aliphatic heterocycles. The number of H-pyrrole nitrogens is 1. The summed E-state index contributed by atoms with van der Waals surface area (Å²) in [6.07, 6.45) is 0.687. The first kappa shape index (κ1) is 21.3. The average molecular weight is 504 g/mol. The normalized spacial score (nSPS) is 16.1. The topological polar surface area (TPSA) is 123 Å². The fourth-order valence-corrected chi connectivity index (χ4v) is 4.26. The molecule has 0 bridgehead atoms. The first-order chi connectivity index (χ1) is 16.8. The van der Waals surface area contributed by atoms with Gasteiger partial charge in [0.1, 0.15) is 6.04 Å². The number of carbonyl (C=O) groups excluding carboxylic acids is 1. The van der Waals surface area contributed by atoms with Gasteiger partial charge in [0.2, 0.25) is 0 Å². The summed E-state index contributed by atoms with van der Waals surface area (Å²) in [5.41, 5.74) is 2.56. The minimum absolute atomic E-state index is 0.0753. The standard InChI is InChI=1S/C20H13ClF3N9O2/c21-11-2-1-4-32-14(11)6-13(30-32)16-15-12(25-9-26-15)3-5-31(16)19(34)18-29-28-17(35-18)10-7-27-33(8-10)20(22,23)24/h1-2,4,6-9,16H,3,5H2,(H,25,26).